The van der Waals surface area contributed by atoms with E-state index in [9.17, 15) is 0 Å². The summed E-state index contributed by atoms with van der Waals surface area (Å²) in [6.07, 6.45) is 3.77. The zero-order valence-corrected chi connectivity index (χ0v) is 9.62. The third kappa shape index (κ3) is 1.73. The molecular weight excluding hydrogens is 216 g/mol. The van der Waals surface area contributed by atoms with Gasteiger partial charge in [-0.2, -0.15) is 10.1 Å². The van der Waals surface area contributed by atoms with Gasteiger partial charge >= 0.3 is 0 Å². The minimum absolute atomic E-state index is 0.576. The highest BCUT2D eigenvalue weighted by molar-refractivity contribution is 5.56. The highest BCUT2D eigenvalue weighted by atomic mass is 15.4. The first-order valence-corrected chi connectivity index (χ1v) is 5.31. The summed E-state index contributed by atoms with van der Waals surface area (Å²) in [4.78, 5) is 4.36. The standard InChI is InChI=1S/C11H12N6/c1-8-9(7-16(2)14-8)12-11-13-10-5-3-4-6-17(10)15-11/h3-7H,1-2H3,(H,12,15). The Kier molecular flexibility index (Phi) is 2.07. The summed E-state index contributed by atoms with van der Waals surface area (Å²) < 4.78 is 3.49. The van der Waals surface area contributed by atoms with Crippen molar-refractivity contribution in [1.82, 2.24) is 24.4 Å². The normalized spacial score (nSPS) is 10.9. The summed E-state index contributed by atoms with van der Waals surface area (Å²) in [6, 6.07) is 5.76. The molecule has 0 atom stereocenters. The maximum Gasteiger partial charge on any atom is 0.247 e. The van der Waals surface area contributed by atoms with Crippen LogP contribution < -0.4 is 5.32 Å². The van der Waals surface area contributed by atoms with Crippen LogP contribution in [0.4, 0.5) is 11.6 Å². The minimum Gasteiger partial charge on any atom is -0.320 e. The number of pyridine rings is 1. The SMILES string of the molecule is Cc1nn(C)cc1Nc1nc2ccccn2n1. The molecule has 0 amide bonds. The van der Waals surface area contributed by atoms with Crippen LogP contribution in [0.3, 0.4) is 0 Å². The number of hydrogen-bond acceptors (Lipinski definition) is 4. The Hall–Kier alpha value is -2.37. The lowest BCUT2D eigenvalue weighted by Gasteiger charge is -1.96. The molecule has 3 aromatic rings. The number of aromatic nitrogens is 5. The zero-order chi connectivity index (χ0) is 11.8. The first-order valence-electron chi connectivity index (χ1n) is 5.31. The number of anilines is 2. The van der Waals surface area contributed by atoms with Gasteiger partial charge in [0.25, 0.3) is 0 Å². The van der Waals surface area contributed by atoms with Crippen molar-refractivity contribution in [3.05, 3.63) is 36.3 Å². The molecule has 0 radical (unpaired) electrons. The predicted molar refractivity (Wildman–Crippen MR) is 64.2 cm³/mol. The lowest BCUT2D eigenvalue weighted by molar-refractivity contribution is 0.756. The molecule has 0 bridgehead atoms. The number of fused-ring (bicyclic) bond motifs is 1. The zero-order valence-electron chi connectivity index (χ0n) is 9.62. The van der Waals surface area contributed by atoms with Gasteiger partial charge in [-0.15, -0.1) is 5.10 Å². The van der Waals surface area contributed by atoms with E-state index in [0.717, 1.165) is 17.0 Å². The Labute approximate surface area is 97.9 Å². The first-order chi connectivity index (χ1) is 8.22. The molecule has 0 unspecified atom stereocenters. The number of nitrogens with zero attached hydrogens (tertiary/aromatic N) is 5. The van der Waals surface area contributed by atoms with E-state index in [1.807, 2.05) is 44.6 Å². The van der Waals surface area contributed by atoms with Crippen molar-refractivity contribution in [2.24, 2.45) is 7.05 Å². The van der Waals surface area contributed by atoms with E-state index in [2.05, 4.69) is 20.5 Å². The van der Waals surface area contributed by atoms with E-state index in [-0.39, 0.29) is 0 Å². The Balaban J connectivity index is 1.97. The second kappa shape index (κ2) is 3.58. The van der Waals surface area contributed by atoms with Crippen molar-refractivity contribution in [1.29, 1.82) is 0 Å². The van der Waals surface area contributed by atoms with Crippen LogP contribution in [0.15, 0.2) is 30.6 Å². The second-order valence-corrected chi connectivity index (χ2v) is 3.87. The van der Waals surface area contributed by atoms with Crippen molar-refractivity contribution in [2.75, 3.05) is 5.32 Å². The number of aryl methyl sites for hydroxylation is 2. The molecule has 0 fully saturated rings. The van der Waals surface area contributed by atoms with Gasteiger partial charge in [-0.3, -0.25) is 4.68 Å². The van der Waals surface area contributed by atoms with Gasteiger partial charge in [0.1, 0.15) is 0 Å². The molecule has 0 aliphatic heterocycles. The van der Waals surface area contributed by atoms with Gasteiger partial charge in [0.15, 0.2) is 5.65 Å². The summed E-state index contributed by atoms with van der Waals surface area (Å²) in [6.45, 7) is 1.94. The Bertz CT molecular complexity index is 632. The van der Waals surface area contributed by atoms with Crippen LogP contribution in [0.1, 0.15) is 5.69 Å². The maximum absolute atomic E-state index is 4.36. The summed E-state index contributed by atoms with van der Waals surface area (Å²) in [5.41, 5.74) is 2.66. The monoisotopic (exact) mass is 228 g/mol. The molecule has 6 nitrogen and oxygen atoms in total. The van der Waals surface area contributed by atoms with Gasteiger partial charge in [0, 0.05) is 19.4 Å². The molecule has 6 heteroatoms. The van der Waals surface area contributed by atoms with Crippen molar-refractivity contribution >= 4 is 17.3 Å². The van der Waals surface area contributed by atoms with Gasteiger partial charge in [0.05, 0.1) is 11.4 Å². The van der Waals surface area contributed by atoms with Crippen LogP contribution in [-0.4, -0.2) is 24.4 Å². The molecular formula is C11H12N6. The molecule has 0 saturated heterocycles. The third-order valence-electron chi connectivity index (χ3n) is 2.50. The summed E-state index contributed by atoms with van der Waals surface area (Å²) in [5.74, 6) is 0.576. The quantitative estimate of drug-likeness (QED) is 0.722. The Morgan fingerprint density at radius 2 is 2.12 bits per heavy atom. The topological polar surface area (TPSA) is 60.0 Å². The summed E-state index contributed by atoms with van der Waals surface area (Å²) >= 11 is 0. The highest BCUT2D eigenvalue weighted by Gasteiger charge is 2.07. The fourth-order valence-corrected chi connectivity index (χ4v) is 1.73. The van der Waals surface area contributed by atoms with Gasteiger partial charge < -0.3 is 5.32 Å². The molecule has 86 valence electrons. The van der Waals surface area contributed by atoms with Gasteiger partial charge in [-0.1, -0.05) is 6.07 Å². The lowest BCUT2D eigenvalue weighted by atomic mass is 10.4. The molecule has 0 aromatic carbocycles. The van der Waals surface area contributed by atoms with Crippen LogP contribution in [-0.2, 0) is 7.05 Å². The van der Waals surface area contributed by atoms with Crippen LogP contribution in [0.2, 0.25) is 0 Å². The van der Waals surface area contributed by atoms with E-state index in [0.29, 0.717) is 5.95 Å². The predicted octanol–water partition coefficient (Wildman–Crippen LogP) is 1.51. The van der Waals surface area contributed by atoms with Gasteiger partial charge in [-0.05, 0) is 19.1 Å². The minimum atomic E-state index is 0.576. The van der Waals surface area contributed by atoms with E-state index >= 15 is 0 Å². The van der Waals surface area contributed by atoms with Crippen LogP contribution in [0.25, 0.3) is 5.65 Å². The molecule has 0 saturated carbocycles. The van der Waals surface area contributed by atoms with Crippen molar-refractivity contribution in [2.45, 2.75) is 6.92 Å². The smallest absolute Gasteiger partial charge is 0.247 e. The second-order valence-electron chi connectivity index (χ2n) is 3.87. The third-order valence-corrected chi connectivity index (χ3v) is 2.50. The fourth-order valence-electron chi connectivity index (χ4n) is 1.73. The molecule has 0 aliphatic rings. The van der Waals surface area contributed by atoms with E-state index in [4.69, 9.17) is 0 Å². The Morgan fingerprint density at radius 1 is 1.24 bits per heavy atom. The molecule has 3 rings (SSSR count). The van der Waals surface area contributed by atoms with Crippen LogP contribution in [0, 0.1) is 6.92 Å². The largest absolute Gasteiger partial charge is 0.320 e. The average Bonchev–Trinajstić information content (AvgIpc) is 2.82. The Morgan fingerprint density at radius 3 is 2.82 bits per heavy atom. The molecule has 17 heavy (non-hydrogen) atoms. The average molecular weight is 228 g/mol. The van der Waals surface area contributed by atoms with E-state index in [1.165, 1.54) is 0 Å². The summed E-state index contributed by atoms with van der Waals surface area (Å²) in [5, 5.41) is 11.7. The molecule has 0 aliphatic carbocycles. The number of nitrogens with one attached hydrogen (secondary N) is 1. The van der Waals surface area contributed by atoms with Crippen molar-refractivity contribution < 1.29 is 0 Å². The van der Waals surface area contributed by atoms with Gasteiger partial charge in [-0.25, -0.2) is 4.52 Å². The summed E-state index contributed by atoms with van der Waals surface area (Å²) in [7, 11) is 1.88. The molecule has 1 N–H and O–H groups in total. The number of hydrogen-bond donors (Lipinski definition) is 1. The first kappa shape index (κ1) is 9.83. The van der Waals surface area contributed by atoms with Crippen LogP contribution in [0.5, 0.6) is 0 Å². The van der Waals surface area contributed by atoms with E-state index < -0.39 is 0 Å². The highest BCUT2D eigenvalue weighted by Crippen LogP contribution is 2.16. The molecule has 0 spiro atoms. The van der Waals surface area contributed by atoms with Crippen molar-refractivity contribution in [3.63, 3.8) is 0 Å². The molecule has 3 heterocycles. The number of rotatable bonds is 2. The lowest BCUT2D eigenvalue weighted by Crippen LogP contribution is -1.93. The van der Waals surface area contributed by atoms with E-state index in [1.54, 1.807) is 9.20 Å². The molecule has 3 aromatic heterocycles. The maximum atomic E-state index is 4.36. The fraction of sp³-hybridized carbons (Fsp3) is 0.182. The van der Waals surface area contributed by atoms with Crippen molar-refractivity contribution in [3.8, 4) is 0 Å². The van der Waals surface area contributed by atoms with Gasteiger partial charge in [0.2, 0.25) is 5.95 Å². The van der Waals surface area contributed by atoms with Crippen LogP contribution >= 0.6 is 0 Å².